The predicted octanol–water partition coefficient (Wildman–Crippen LogP) is 0.889. The molecule has 0 aliphatic carbocycles. The number of urea groups is 1. The van der Waals surface area contributed by atoms with E-state index in [-0.39, 0.29) is 24.3 Å². The normalized spacial score (nSPS) is 14.3. The summed E-state index contributed by atoms with van der Waals surface area (Å²) in [5.41, 5.74) is 1.06. The van der Waals surface area contributed by atoms with E-state index < -0.39 is 0 Å². The predicted molar refractivity (Wildman–Crippen MR) is 112 cm³/mol. The summed E-state index contributed by atoms with van der Waals surface area (Å²) in [5.74, 6) is 0.0695. The summed E-state index contributed by atoms with van der Waals surface area (Å²) in [7, 11) is 1.74. The average molecular weight is 404 g/mol. The molecule has 0 aromatic heterocycles. The van der Waals surface area contributed by atoms with E-state index in [4.69, 9.17) is 0 Å². The van der Waals surface area contributed by atoms with Crippen LogP contribution in [-0.4, -0.2) is 85.4 Å². The summed E-state index contributed by atoms with van der Waals surface area (Å²) in [5, 5.41) is 5.67. The maximum absolute atomic E-state index is 12.4. The fraction of sp³-hybridized carbons (Fsp3) is 0.571. The van der Waals surface area contributed by atoms with E-state index in [1.807, 2.05) is 37.3 Å². The lowest BCUT2D eigenvalue weighted by molar-refractivity contribution is -0.133. The van der Waals surface area contributed by atoms with Gasteiger partial charge in [-0.2, -0.15) is 0 Å². The first kappa shape index (κ1) is 22.7. The molecular formula is C21H33N5O3. The number of piperazine rings is 1. The van der Waals surface area contributed by atoms with E-state index >= 15 is 0 Å². The lowest BCUT2D eigenvalue weighted by Gasteiger charge is -2.34. The Morgan fingerprint density at radius 1 is 1.00 bits per heavy atom. The van der Waals surface area contributed by atoms with E-state index in [2.05, 4.69) is 15.5 Å². The van der Waals surface area contributed by atoms with E-state index in [1.54, 1.807) is 16.8 Å². The van der Waals surface area contributed by atoms with Crippen LogP contribution in [0.4, 0.5) is 4.79 Å². The Labute approximate surface area is 173 Å². The van der Waals surface area contributed by atoms with Crippen LogP contribution in [0.5, 0.6) is 0 Å². The molecule has 1 fully saturated rings. The number of carbonyl (C=O) groups is 3. The van der Waals surface area contributed by atoms with Crippen molar-refractivity contribution in [3.63, 3.8) is 0 Å². The molecular weight excluding hydrogens is 370 g/mol. The van der Waals surface area contributed by atoms with E-state index in [0.29, 0.717) is 52.4 Å². The third-order valence-electron chi connectivity index (χ3n) is 4.89. The Hall–Kier alpha value is -2.61. The zero-order chi connectivity index (χ0) is 21.1. The first-order chi connectivity index (χ1) is 14.0. The van der Waals surface area contributed by atoms with Gasteiger partial charge in [0.1, 0.15) is 0 Å². The van der Waals surface area contributed by atoms with Gasteiger partial charge >= 0.3 is 6.03 Å². The zero-order valence-electron chi connectivity index (χ0n) is 17.5. The van der Waals surface area contributed by atoms with Crippen molar-refractivity contribution >= 4 is 17.8 Å². The van der Waals surface area contributed by atoms with Gasteiger partial charge in [0.15, 0.2) is 0 Å². The van der Waals surface area contributed by atoms with Crippen LogP contribution in [-0.2, 0) is 16.1 Å². The molecule has 2 rings (SSSR count). The highest BCUT2D eigenvalue weighted by atomic mass is 16.2. The Morgan fingerprint density at radius 3 is 2.34 bits per heavy atom. The lowest BCUT2D eigenvalue weighted by Crippen LogP contribution is -2.51. The number of rotatable bonds is 9. The monoisotopic (exact) mass is 403 g/mol. The first-order valence-electron chi connectivity index (χ1n) is 10.3. The average Bonchev–Trinajstić information content (AvgIpc) is 2.73. The number of carbonyl (C=O) groups excluding carboxylic acids is 3. The first-order valence-corrected chi connectivity index (χ1v) is 10.3. The molecule has 0 spiro atoms. The van der Waals surface area contributed by atoms with Crippen molar-refractivity contribution in [3.8, 4) is 0 Å². The van der Waals surface area contributed by atoms with Crippen LogP contribution < -0.4 is 10.6 Å². The Balaban J connectivity index is 1.62. The molecule has 1 aromatic rings. The van der Waals surface area contributed by atoms with Gasteiger partial charge in [-0.3, -0.25) is 14.5 Å². The van der Waals surface area contributed by atoms with Crippen molar-refractivity contribution in [1.29, 1.82) is 0 Å². The van der Waals surface area contributed by atoms with Crippen LogP contribution in [0.3, 0.4) is 0 Å². The number of hydrogen-bond donors (Lipinski definition) is 2. The lowest BCUT2D eigenvalue weighted by atomic mass is 10.2. The third-order valence-corrected chi connectivity index (χ3v) is 4.89. The van der Waals surface area contributed by atoms with Gasteiger partial charge < -0.3 is 20.4 Å². The minimum Gasteiger partial charge on any atom is -0.355 e. The highest BCUT2D eigenvalue weighted by Gasteiger charge is 2.22. The Bertz CT molecular complexity index is 660. The fourth-order valence-corrected chi connectivity index (χ4v) is 3.18. The molecule has 0 radical (unpaired) electrons. The maximum Gasteiger partial charge on any atom is 0.317 e. The summed E-state index contributed by atoms with van der Waals surface area (Å²) in [6.07, 6.45) is 1.20. The molecule has 1 aliphatic heterocycles. The van der Waals surface area contributed by atoms with Crippen molar-refractivity contribution in [2.24, 2.45) is 0 Å². The largest absolute Gasteiger partial charge is 0.355 e. The number of benzene rings is 1. The van der Waals surface area contributed by atoms with Crippen molar-refractivity contribution in [2.75, 3.05) is 52.9 Å². The minimum atomic E-state index is -0.190. The smallest absolute Gasteiger partial charge is 0.317 e. The Kier molecular flexibility index (Phi) is 9.43. The van der Waals surface area contributed by atoms with Gasteiger partial charge in [0.25, 0.3) is 0 Å². The van der Waals surface area contributed by atoms with E-state index in [0.717, 1.165) is 12.0 Å². The van der Waals surface area contributed by atoms with Crippen LogP contribution in [0.25, 0.3) is 0 Å². The topological polar surface area (TPSA) is 85.0 Å². The van der Waals surface area contributed by atoms with Gasteiger partial charge in [-0.25, -0.2) is 4.79 Å². The third kappa shape index (κ3) is 8.11. The molecule has 2 N–H and O–H groups in total. The molecule has 4 amide bonds. The SMILES string of the molecule is CCCNC(=O)CN1CCN(C(=O)CCNC(=O)N(C)Cc2ccccc2)CC1. The summed E-state index contributed by atoms with van der Waals surface area (Å²) < 4.78 is 0. The van der Waals surface area contributed by atoms with Gasteiger partial charge in [0, 0.05) is 59.3 Å². The van der Waals surface area contributed by atoms with Gasteiger partial charge in [-0.05, 0) is 12.0 Å². The van der Waals surface area contributed by atoms with Gasteiger partial charge in [-0.15, -0.1) is 0 Å². The van der Waals surface area contributed by atoms with Gasteiger partial charge in [0.05, 0.1) is 6.54 Å². The molecule has 0 unspecified atom stereocenters. The molecule has 0 saturated carbocycles. The molecule has 8 heteroatoms. The van der Waals surface area contributed by atoms with E-state index in [1.165, 1.54) is 0 Å². The van der Waals surface area contributed by atoms with Crippen molar-refractivity contribution in [1.82, 2.24) is 25.3 Å². The molecule has 29 heavy (non-hydrogen) atoms. The fourth-order valence-electron chi connectivity index (χ4n) is 3.18. The van der Waals surface area contributed by atoms with Crippen molar-refractivity contribution in [2.45, 2.75) is 26.3 Å². The summed E-state index contributed by atoms with van der Waals surface area (Å²) >= 11 is 0. The molecule has 1 heterocycles. The second kappa shape index (κ2) is 12.1. The van der Waals surface area contributed by atoms with Crippen molar-refractivity contribution in [3.05, 3.63) is 35.9 Å². The second-order valence-corrected chi connectivity index (χ2v) is 7.33. The van der Waals surface area contributed by atoms with Gasteiger partial charge in [0.2, 0.25) is 11.8 Å². The van der Waals surface area contributed by atoms with Crippen LogP contribution in [0.15, 0.2) is 30.3 Å². The Morgan fingerprint density at radius 2 is 1.69 bits per heavy atom. The van der Waals surface area contributed by atoms with Crippen molar-refractivity contribution < 1.29 is 14.4 Å². The van der Waals surface area contributed by atoms with Gasteiger partial charge in [-0.1, -0.05) is 37.3 Å². The molecule has 160 valence electrons. The minimum absolute atomic E-state index is 0.0334. The summed E-state index contributed by atoms with van der Waals surface area (Å²) in [6, 6.07) is 9.58. The zero-order valence-corrected chi connectivity index (χ0v) is 17.5. The van der Waals surface area contributed by atoms with Crippen LogP contribution >= 0.6 is 0 Å². The van der Waals surface area contributed by atoms with Crippen LogP contribution in [0.1, 0.15) is 25.3 Å². The quantitative estimate of drug-likeness (QED) is 0.641. The summed E-state index contributed by atoms with van der Waals surface area (Å²) in [4.78, 5) is 41.8. The molecule has 1 aliphatic rings. The molecule has 8 nitrogen and oxygen atoms in total. The number of hydrogen-bond acceptors (Lipinski definition) is 4. The second-order valence-electron chi connectivity index (χ2n) is 7.33. The number of nitrogens with zero attached hydrogens (tertiary/aromatic N) is 3. The van der Waals surface area contributed by atoms with Crippen LogP contribution in [0, 0.1) is 0 Å². The molecule has 1 saturated heterocycles. The van der Waals surface area contributed by atoms with E-state index in [9.17, 15) is 14.4 Å². The number of amides is 4. The summed E-state index contributed by atoms with van der Waals surface area (Å²) in [6.45, 7) is 6.55. The molecule has 0 bridgehead atoms. The van der Waals surface area contributed by atoms with Crippen LogP contribution in [0.2, 0.25) is 0 Å². The molecule has 0 atom stereocenters. The highest BCUT2D eigenvalue weighted by Crippen LogP contribution is 2.05. The highest BCUT2D eigenvalue weighted by molar-refractivity contribution is 5.79. The number of nitrogens with one attached hydrogen (secondary N) is 2. The maximum atomic E-state index is 12.4. The standard InChI is InChI=1S/C21H33N5O3/c1-3-10-22-19(27)17-25-12-14-26(15-13-25)20(28)9-11-23-21(29)24(2)16-18-7-5-4-6-8-18/h4-8H,3,9-17H2,1-2H3,(H,22,27)(H,23,29). The molecule has 1 aromatic carbocycles.